The van der Waals surface area contributed by atoms with Crippen molar-refractivity contribution in [3.05, 3.63) is 24.0 Å². The minimum atomic E-state index is -1.00. The van der Waals surface area contributed by atoms with Gasteiger partial charge in [-0.15, -0.1) is 0 Å². The molecule has 0 spiro atoms. The zero-order valence-electron chi connectivity index (χ0n) is 7.69. The van der Waals surface area contributed by atoms with Crippen molar-refractivity contribution in [2.24, 2.45) is 5.73 Å². The average Bonchev–Trinajstić information content (AvgIpc) is 2.59. The van der Waals surface area contributed by atoms with Gasteiger partial charge in [0, 0.05) is 6.07 Å². The van der Waals surface area contributed by atoms with Crippen molar-refractivity contribution >= 4 is 11.0 Å². The average molecular weight is 193 g/mol. The van der Waals surface area contributed by atoms with E-state index in [1.165, 1.54) is 0 Å². The van der Waals surface area contributed by atoms with Crippen LogP contribution in [0, 0.1) is 0 Å². The van der Waals surface area contributed by atoms with E-state index in [4.69, 9.17) is 15.6 Å². The molecule has 0 bridgehead atoms. The maximum atomic E-state index is 9.14. The maximum Gasteiger partial charge on any atom is 0.143 e. The first-order valence-electron chi connectivity index (χ1n) is 4.17. The lowest BCUT2D eigenvalue weighted by Gasteiger charge is -1.98. The van der Waals surface area contributed by atoms with Crippen LogP contribution in [0.4, 0.5) is 0 Å². The number of aliphatic hydroxyl groups is 1. The molecule has 74 valence electrons. The summed E-state index contributed by atoms with van der Waals surface area (Å²) < 4.78 is 5.02. The van der Waals surface area contributed by atoms with Gasteiger partial charge in [-0.25, -0.2) is 0 Å². The fourth-order valence-electron chi connectivity index (χ4n) is 1.28. The molecule has 0 radical (unpaired) electrons. The van der Waals surface area contributed by atoms with Gasteiger partial charge >= 0.3 is 0 Å². The second-order valence-corrected chi connectivity index (χ2v) is 2.98. The number of hydrogen-bond acceptors (Lipinski definition) is 4. The van der Waals surface area contributed by atoms with Gasteiger partial charge < -0.3 is 20.6 Å². The number of aliphatic hydroxyl groups excluding tert-OH is 1. The van der Waals surface area contributed by atoms with Gasteiger partial charge in [0.2, 0.25) is 0 Å². The number of fused-ring (bicyclic) bond motifs is 1. The van der Waals surface area contributed by atoms with Crippen LogP contribution in [0.25, 0.3) is 11.0 Å². The normalized spacial score (nSPS) is 13.1. The topological polar surface area (TPSA) is 84.2 Å². The Morgan fingerprint density at radius 1 is 1.57 bits per heavy atom. The highest BCUT2D eigenvalue weighted by Crippen LogP contribution is 2.20. The number of nitrogens with one attached hydrogen (secondary N) is 1. The third-order valence-electron chi connectivity index (χ3n) is 2.02. The number of aromatic amines is 1. The molecule has 2 aromatic rings. The van der Waals surface area contributed by atoms with Crippen molar-refractivity contribution in [3.8, 4) is 5.75 Å². The monoisotopic (exact) mass is 193 g/mol. The molecule has 0 aliphatic heterocycles. The molecule has 0 amide bonds. The molecule has 1 atom stereocenters. The van der Waals surface area contributed by atoms with E-state index in [9.17, 15) is 0 Å². The van der Waals surface area contributed by atoms with Crippen LogP contribution in [0.2, 0.25) is 0 Å². The molecule has 0 saturated heterocycles. The van der Waals surface area contributed by atoms with E-state index in [0.717, 1.165) is 11.0 Å². The van der Waals surface area contributed by atoms with Crippen LogP contribution < -0.4 is 10.5 Å². The maximum absolute atomic E-state index is 9.14. The van der Waals surface area contributed by atoms with Gasteiger partial charge in [0.25, 0.3) is 0 Å². The molecule has 0 saturated carbocycles. The summed E-state index contributed by atoms with van der Waals surface area (Å²) in [5, 5.41) is 9.14. The van der Waals surface area contributed by atoms with Gasteiger partial charge in [-0.1, -0.05) is 0 Å². The summed E-state index contributed by atoms with van der Waals surface area (Å²) >= 11 is 0. The van der Waals surface area contributed by atoms with Gasteiger partial charge in [-0.2, -0.15) is 0 Å². The van der Waals surface area contributed by atoms with Crippen LogP contribution in [0.15, 0.2) is 18.3 Å². The van der Waals surface area contributed by atoms with E-state index < -0.39 is 6.23 Å². The lowest BCUT2D eigenvalue weighted by Crippen LogP contribution is -2.08. The lowest BCUT2D eigenvalue weighted by atomic mass is 10.3. The Labute approximate surface area is 80.5 Å². The van der Waals surface area contributed by atoms with Gasteiger partial charge in [-0.3, -0.25) is 4.98 Å². The Balaban J connectivity index is 2.54. The SMILES string of the molecule is COc1cnc2cc(C(N)O)[nH]c2c1. The molecule has 14 heavy (non-hydrogen) atoms. The first-order chi connectivity index (χ1) is 6.70. The Kier molecular flexibility index (Phi) is 2.11. The highest BCUT2D eigenvalue weighted by Gasteiger charge is 2.07. The Morgan fingerprint density at radius 3 is 3.00 bits per heavy atom. The van der Waals surface area contributed by atoms with Crippen LogP contribution in [0.3, 0.4) is 0 Å². The summed E-state index contributed by atoms with van der Waals surface area (Å²) in [7, 11) is 1.57. The van der Waals surface area contributed by atoms with Crippen molar-refractivity contribution < 1.29 is 9.84 Å². The highest BCUT2D eigenvalue weighted by molar-refractivity contribution is 5.77. The second-order valence-electron chi connectivity index (χ2n) is 2.98. The van der Waals surface area contributed by atoms with Gasteiger partial charge in [0.1, 0.15) is 12.0 Å². The molecule has 0 aliphatic carbocycles. The van der Waals surface area contributed by atoms with Crippen molar-refractivity contribution in [1.29, 1.82) is 0 Å². The molecule has 0 fully saturated rings. The summed E-state index contributed by atoms with van der Waals surface area (Å²) in [4.78, 5) is 7.08. The quantitative estimate of drug-likeness (QED) is 0.607. The summed E-state index contributed by atoms with van der Waals surface area (Å²) in [5.41, 5.74) is 7.41. The van der Waals surface area contributed by atoms with Gasteiger partial charge in [0.05, 0.1) is 30.0 Å². The van der Waals surface area contributed by atoms with E-state index in [1.54, 1.807) is 25.4 Å². The number of pyridine rings is 1. The first kappa shape index (κ1) is 8.98. The smallest absolute Gasteiger partial charge is 0.143 e. The standard InChI is InChI=1S/C9H11N3O2/c1-14-5-2-7-6(11-4-5)3-8(12-7)9(10)13/h2-4,9,12-13H,10H2,1H3. The number of nitrogens with two attached hydrogens (primary N) is 1. The zero-order chi connectivity index (χ0) is 10.1. The fourth-order valence-corrected chi connectivity index (χ4v) is 1.28. The van der Waals surface area contributed by atoms with Gasteiger partial charge in [-0.05, 0) is 6.07 Å². The van der Waals surface area contributed by atoms with E-state index in [0.29, 0.717) is 11.4 Å². The molecular formula is C9H11N3O2. The number of ether oxygens (including phenoxy) is 1. The predicted octanol–water partition coefficient (Wildman–Crippen LogP) is 0.521. The van der Waals surface area contributed by atoms with Crippen LogP contribution in [0.5, 0.6) is 5.75 Å². The van der Waals surface area contributed by atoms with Crippen LogP contribution in [-0.4, -0.2) is 22.2 Å². The number of aromatic nitrogens is 2. The zero-order valence-corrected chi connectivity index (χ0v) is 7.69. The number of nitrogens with zero attached hydrogens (tertiary/aromatic N) is 1. The van der Waals surface area contributed by atoms with Crippen molar-refractivity contribution in [2.75, 3.05) is 7.11 Å². The molecule has 2 heterocycles. The van der Waals surface area contributed by atoms with Crippen molar-refractivity contribution in [2.45, 2.75) is 6.23 Å². The van der Waals surface area contributed by atoms with E-state index in [2.05, 4.69) is 9.97 Å². The Hall–Kier alpha value is -1.59. The highest BCUT2D eigenvalue weighted by atomic mass is 16.5. The van der Waals surface area contributed by atoms with E-state index in [-0.39, 0.29) is 0 Å². The van der Waals surface area contributed by atoms with Crippen LogP contribution in [-0.2, 0) is 0 Å². The third-order valence-corrected chi connectivity index (χ3v) is 2.02. The summed E-state index contributed by atoms with van der Waals surface area (Å²) in [6.45, 7) is 0. The van der Waals surface area contributed by atoms with Crippen molar-refractivity contribution in [1.82, 2.24) is 9.97 Å². The second kappa shape index (κ2) is 3.28. The molecule has 1 unspecified atom stereocenters. The molecule has 0 aliphatic rings. The van der Waals surface area contributed by atoms with Crippen molar-refractivity contribution in [3.63, 3.8) is 0 Å². The number of methoxy groups -OCH3 is 1. The van der Waals surface area contributed by atoms with Crippen LogP contribution >= 0.6 is 0 Å². The molecule has 5 nitrogen and oxygen atoms in total. The van der Waals surface area contributed by atoms with E-state index >= 15 is 0 Å². The number of H-pyrrole nitrogens is 1. The third kappa shape index (κ3) is 1.43. The first-order valence-corrected chi connectivity index (χ1v) is 4.17. The minimum Gasteiger partial charge on any atom is -0.495 e. The lowest BCUT2D eigenvalue weighted by molar-refractivity contribution is 0.182. The molecule has 2 rings (SSSR count). The minimum absolute atomic E-state index is 0.542. The fraction of sp³-hybridized carbons (Fsp3) is 0.222. The molecule has 0 aromatic carbocycles. The van der Waals surface area contributed by atoms with Crippen LogP contribution in [0.1, 0.15) is 11.9 Å². The Morgan fingerprint density at radius 2 is 2.36 bits per heavy atom. The Bertz CT molecular complexity index is 450. The number of hydrogen-bond donors (Lipinski definition) is 3. The molecular weight excluding hydrogens is 182 g/mol. The predicted molar refractivity (Wildman–Crippen MR) is 51.8 cm³/mol. The van der Waals surface area contributed by atoms with E-state index in [1.807, 2.05) is 0 Å². The summed E-state index contributed by atoms with van der Waals surface area (Å²) in [6.07, 6.45) is 0.609. The molecule has 2 aromatic heterocycles. The number of rotatable bonds is 2. The summed E-state index contributed by atoms with van der Waals surface area (Å²) in [5.74, 6) is 0.664. The molecule has 5 heteroatoms. The largest absolute Gasteiger partial charge is 0.495 e. The summed E-state index contributed by atoms with van der Waals surface area (Å²) in [6, 6.07) is 3.51. The van der Waals surface area contributed by atoms with Gasteiger partial charge in [0.15, 0.2) is 0 Å². The molecule has 4 N–H and O–H groups in total.